The van der Waals surface area contributed by atoms with Crippen LogP contribution in [0, 0.1) is 0 Å². The van der Waals surface area contributed by atoms with Crippen LogP contribution in [-0.4, -0.2) is 61.3 Å². The monoisotopic (exact) mass is 738 g/mol. The van der Waals surface area contributed by atoms with E-state index < -0.39 is 85.3 Å². The molecule has 55 heavy (non-hydrogen) atoms. The molecule has 13 heteroatoms. The highest BCUT2D eigenvalue weighted by Crippen LogP contribution is 2.62. The highest BCUT2D eigenvalue weighted by molar-refractivity contribution is 6.27. The lowest BCUT2D eigenvalue weighted by Crippen LogP contribution is -1.94. The summed E-state index contributed by atoms with van der Waals surface area (Å²) in [6, 6.07) is 24.0. The number of phenols is 12. The Morgan fingerprint density at radius 2 is 0.709 bits per heavy atom. The van der Waals surface area contributed by atoms with Crippen molar-refractivity contribution in [3.8, 4) is 102 Å². The van der Waals surface area contributed by atoms with E-state index in [0.29, 0.717) is 49.0 Å². The molecule has 1 heterocycles. The third-order valence-electron chi connectivity index (χ3n) is 10.2. The average Bonchev–Trinajstić information content (AvgIpc) is 3.58. The van der Waals surface area contributed by atoms with Crippen LogP contribution in [0.4, 0.5) is 0 Å². The smallest absolute Gasteiger partial charge is 0.208 e. The second-order valence-corrected chi connectivity index (χ2v) is 13.0. The predicted molar refractivity (Wildman–Crippen MR) is 203 cm³/mol. The number of benzene rings is 8. The first-order valence-corrected chi connectivity index (χ1v) is 16.5. The van der Waals surface area contributed by atoms with Gasteiger partial charge in [0.1, 0.15) is 11.2 Å². The Morgan fingerprint density at radius 1 is 0.309 bits per heavy atom. The van der Waals surface area contributed by atoms with E-state index in [1.54, 1.807) is 84.9 Å². The number of aromatic hydroxyl groups is 12. The van der Waals surface area contributed by atoms with Gasteiger partial charge in [-0.25, -0.2) is 0 Å². The molecular formula is C42H26O13. The second kappa shape index (κ2) is 11.2. The van der Waals surface area contributed by atoms with Crippen molar-refractivity contribution in [1.82, 2.24) is 0 Å². The molecule has 0 amide bonds. The van der Waals surface area contributed by atoms with Crippen LogP contribution in [0.1, 0.15) is 0 Å². The van der Waals surface area contributed by atoms with Gasteiger partial charge in [0.15, 0.2) is 34.5 Å². The summed E-state index contributed by atoms with van der Waals surface area (Å²) in [5.41, 5.74) is 1.00. The zero-order valence-electron chi connectivity index (χ0n) is 27.9. The molecule has 0 saturated heterocycles. The molecule has 9 aromatic rings. The van der Waals surface area contributed by atoms with Gasteiger partial charge in [-0.3, -0.25) is 0 Å². The van der Waals surface area contributed by atoms with Gasteiger partial charge < -0.3 is 65.7 Å². The van der Waals surface area contributed by atoms with Gasteiger partial charge in [-0.15, -0.1) is 0 Å². The van der Waals surface area contributed by atoms with E-state index in [4.69, 9.17) is 4.42 Å². The topological polar surface area (TPSA) is 256 Å². The number of fused-ring (bicyclic) bond motifs is 6. The second-order valence-electron chi connectivity index (χ2n) is 13.0. The van der Waals surface area contributed by atoms with E-state index in [1.165, 1.54) is 0 Å². The lowest BCUT2D eigenvalue weighted by atomic mass is 9.83. The molecule has 0 bridgehead atoms. The van der Waals surface area contributed by atoms with Crippen LogP contribution >= 0.6 is 0 Å². The van der Waals surface area contributed by atoms with Crippen molar-refractivity contribution in [2.75, 3.05) is 0 Å². The molecule has 0 radical (unpaired) electrons. The molecule has 0 atom stereocenters. The molecule has 0 spiro atoms. The zero-order chi connectivity index (χ0) is 38.8. The minimum absolute atomic E-state index is 0.0179. The maximum atomic E-state index is 11.5. The number of hydrogen-bond donors (Lipinski definition) is 12. The molecule has 0 saturated carbocycles. The Hall–Kier alpha value is -8.06. The molecule has 0 unspecified atom stereocenters. The maximum Gasteiger partial charge on any atom is 0.208 e. The predicted octanol–water partition coefficient (Wildman–Crippen LogP) is 8.51. The number of phenolic OH excluding ortho intramolecular Hbond substituents is 12. The van der Waals surface area contributed by atoms with E-state index in [0.717, 1.165) is 0 Å². The summed E-state index contributed by atoms with van der Waals surface area (Å²) in [5, 5.41) is 132. The summed E-state index contributed by atoms with van der Waals surface area (Å²) < 4.78 is 6.21. The van der Waals surface area contributed by atoms with Crippen molar-refractivity contribution in [2.24, 2.45) is 0 Å². The maximum absolute atomic E-state index is 11.5. The van der Waals surface area contributed by atoms with Gasteiger partial charge in [0, 0.05) is 32.8 Å². The zero-order valence-corrected chi connectivity index (χ0v) is 27.9. The van der Waals surface area contributed by atoms with Crippen LogP contribution in [0.5, 0.6) is 69.0 Å². The Kier molecular flexibility index (Phi) is 6.69. The quantitative estimate of drug-likeness (QED) is 0.0462. The summed E-state index contributed by atoms with van der Waals surface area (Å²) in [5.74, 6) is -12.7. The Bertz CT molecular complexity index is 3090. The van der Waals surface area contributed by atoms with Crippen molar-refractivity contribution in [2.45, 2.75) is 0 Å². The van der Waals surface area contributed by atoms with Gasteiger partial charge in [-0.1, -0.05) is 66.7 Å². The van der Waals surface area contributed by atoms with Gasteiger partial charge in [0.2, 0.25) is 34.5 Å². The van der Waals surface area contributed by atoms with Gasteiger partial charge in [-0.05, 0) is 50.9 Å². The van der Waals surface area contributed by atoms with E-state index in [-0.39, 0.29) is 22.3 Å². The number of furan rings is 1. The summed E-state index contributed by atoms with van der Waals surface area (Å²) >= 11 is 0. The van der Waals surface area contributed by atoms with Crippen LogP contribution in [-0.2, 0) is 0 Å². The fraction of sp³-hybridized carbons (Fsp3) is 0. The van der Waals surface area contributed by atoms with E-state index >= 15 is 0 Å². The minimum Gasteiger partial charge on any atom is -0.504 e. The van der Waals surface area contributed by atoms with Gasteiger partial charge in [-0.2, -0.15) is 0 Å². The number of hydrogen-bond acceptors (Lipinski definition) is 13. The normalized spacial score (nSPS) is 11.8. The lowest BCUT2D eigenvalue weighted by Gasteiger charge is -2.22. The SMILES string of the molecule is Oc1c(O)c(O)c(-c2cc(-c3c4ccccc4c(-c4c(O)c(O)c(O)c5c(O)c(O)c(O)c(O)c45)c4ccccc34)cc3c2oc2ccccc23)c(O)c1O. The molecule has 12 N–H and O–H groups in total. The summed E-state index contributed by atoms with van der Waals surface area (Å²) in [4.78, 5) is 0. The Labute approximate surface area is 306 Å². The largest absolute Gasteiger partial charge is 0.504 e. The molecule has 8 aromatic carbocycles. The first-order chi connectivity index (χ1) is 26.3. The van der Waals surface area contributed by atoms with Gasteiger partial charge in [0.05, 0.1) is 10.9 Å². The highest BCUT2D eigenvalue weighted by atomic mass is 16.4. The van der Waals surface area contributed by atoms with Crippen LogP contribution in [0.25, 0.3) is 87.6 Å². The third kappa shape index (κ3) is 4.22. The van der Waals surface area contributed by atoms with Gasteiger partial charge >= 0.3 is 0 Å². The molecule has 272 valence electrons. The van der Waals surface area contributed by atoms with Crippen molar-refractivity contribution in [3.63, 3.8) is 0 Å². The van der Waals surface area contributed by atoms with Gasteiger partial charge in [0.25, 0.3) is 0 Å². The van der Waals surface area contributed by atoms with Crippen LogP contribution < -0.4 is 0 Å². The molecule has 0 fully saturated rings. The molecule has 1 aromatic heterocycles. The average molecular weight is 739 g/mol. The summed E-state index contributed by atoms with van der Waals surface area (Å²) in [6.07, 6.45) is 0. The molecule has 13 nitrogen and oxygen atoms in total. The van der Waals surface area contributed by atoms with Crippen molar-refractivity contribution in [3.05, 3.63) is 84.9 Å². The molecular weight excluding hydrogens is 712 g/mol. The summed E-state index contributed by atoms with van der Waals surface area (Å²) in [6.45, 7) is 0. The van der Waals surface area contributed by atoms with Crippen molar-refractivity contribution in [1.29, 1.82) is 0 Å². The number of rotatable bonds is 3. The van der Waals surface area contributed by atoms with Crippen molar-refractivity contribution < 1.29 is 65.7 Å². The summed E-state index contributed by atoms with van der Waals surface area (Å²) in [7, 11) is 0. The fourth-order valence-electron chi connectivity index (χ4n) is 7.69. The van der Waals surface area contributed by atoms with Crippen LogP contribution in [0.15, 0.2) is 89.3 Å². The Balaban J connectivity index is 1.48. The number of para-hydroxylation sites is 1. The van der Waals surface area contributed by atoms with E-state index in [1.807, 2.05) is 0 Å². The highest BCUT2D eigenvalue weighted by Gasteiger charge is 2.32. The first-order valence-electron chi connectivity index (χ1n) is 16.5. The third-order valence-corrected chi connectivity index (χ3v) is 10.2. The fourth-order valence-corrected chi connectivity index (χ4v) is 7.69. The molecule has 0 aliphatic rings. The van der Waals surface area contributed by atoms with Crippen LogP contribution in [0.2, 0.25) is 0 Å². The minimum atomic E-state index is -1.17. The van der Waals surface area contributed by atoms with E-state index in [9.17, 15) is 61.3 Å². The lowest BCUT2D eigenvalue weighted by molar-refractivity contribution is 0.330. The molecule has 0 aliphatic heterocycles. The molecule has 0 aliphatic carbocycles. The standard InChI is InChI=1S/C42H26O13/c43-30-26(31(44)38(51)41(54)37(30)50)22-14-15(13-21-16-7-5-6-12-23(16)55-42(21)22)24-17-8-1-3-10-19(17)25(20-11-4-2-9-18(20)24)27-28-29(34(47)36(49)32(27)45)35(48)40(53)39(52)33(28)46/h1-14,43-54H. The van der Waals surface area contributed by atoms with E-state index in [2.05, 4.69) is 0 Å². The molecule has 9 rings (SSSR count). The van der Waals surface area contributed by atoms with Crippen molar-refractivity contribution >= 4 is 54.3 Å². The van der Waals surface area contributed by atoms with Crippen LogP contribution in [0.3, 0.4) is 0 Å². The first kappa shape index (κ1) is 32.8. The Morgan fingerprint density at radius 3 is 1.25 bits per heavy atom.